The third kappa shape index (κ3) is 3.19. The first-order valence-corrected chi connectivity index (χ1v) is 6.32. The molecule has 1 unspecified atom stereocenters. The number of aryl methyl sites for hydroxylation is 1. The summed E-state index contributed by atoms with van der Waals surface area (Å²) in [5, 5.41) is 12.0. The van der Waals surface area contributed by atoms with E-state index in [9.17, 15) is 4.79 Å². The first-order chi connectivity index (χ1) is 9.10. The summed E-state index contributed by atoms with van der Waals surface area (Å²) in [4.78, 5) is 19.8. The minimum Gasteiger partial charge on any atom is -0.481 e. The van der Waals surface area contributed by atoms with Crippen LogP contribution in [0.2, 0.25) is 0 Å². The molecule has 0 fully saturated rings. The zero-order chi connectivity index (χ0) is 13.8. The van der Waals surface area contributed by atoms with E-state index in [-0.39, 0.29) is 12.5 Å². The van der Waals surface area contributed by atoms with E-state index in [2.05, 4.69) is 15.3 Å². The number of nitrogens with one attached hydrogen (secondary N) is 1. The van der Waals surface area contributed by atoms with Crippen molar-refractivity contribution >= 4 is 22.8 Å². The number of carbonyl (C=O) groups is 1. The van der Waals surface area contributed by atoms with Crippen molar-refractivity contribution < 1.29 is 9.90 Å². The van der Waals surface area contributed by atoms with Crippen LogP contribution in [0.4, 0.5) is 5.82 Å². The second kappa shape index (κ2) is 5.65. The number of carboxylic acid groups (broad SMARTS) is 1. The topological polar surface area (TPSA) is 75.1 Å². The van der Waals surface area contributed by atoms with Crippen LogP contribution in [0.5, 0.6) is 0 Å². The summed E-state index contributed by atoms with van der Waals surface area (Å²) >= 11 is 0. The van der Waals surface area contributed by atoms with E-state index in [1.165, 1.54) is 0 Å². The highest BCUT2D eigenvalue weighted by molar-refractivity contribution is 5.76. The molecule has 0 radical (unpaired) electrons. The number of anilines is 1. The van der Waals surface area contributed by atoms with Crippen LogP contribution in [0, 0.1) is 6.92 Å². The minimum absolute atomic E-state index is 0.0739. The second-order valence-corrected chi connectivity index (χ2v) is 4.49. The smallest absolute Gasteiger partial charge is 0.305 e. The van der Waals surface area contributed by atoms with Crippen molar-refractivity contribution in [2.24, 2.45) is 0 Å². The van der Waals surface area contributed by atoms with E-state index < -0.39 is 5.97 Å². The maximum Gasteiger partial charge on any atom is 0.305 e. The molecule has 0 saturated carbocycles. The van der Waals surface area contributed by atoms with Crippen LogP contribution >= 0.6 is 0 Å². The highest BCUT2D eigenvalue weighted by Gasteiger charge is 2.13. The molecule has 0 aliphatic heterocycles. The average Bonchev–Trinajstić information content (AvgIpc) is 2.38. The number of fused-ring (bicyclic) bond motifs is 1. The molecule has 19 heavy (non-hydrogen) atoms. The molecule has 0 aliphatic carbocycles. The normalized spacial score (nSPS) is 12.3. The molecule has 1 heterocycles. The molecule has 0 saturated heterocycles. The van der Waals surface area contributed by atoms with Gasteiger partial charge in [0.1, 0.15) is 5.82 Å². The van der Waals surface area contributed by atoms with Gasteiger partial charge in [-0.25, -0.2) is 9.97 Å². The Morgan fingerprint density at radius 3 is 2.53 bits per heavy atom. The lowest BCUT2D eigenvalue weighted by molar-refractivity contribution is -0.137. The number of aromatic nitrogens is 2. The second-order valence-electron chi connectivity index (χ2n) is 4.49. The van der Waals surface area contributed by atoms with Gasteiger partial charge in [-0.15, -0.1) is 0 Å². The summed E-state index contributed by atoms with van der Waals surface area (Å²) in [6.45, 7) is 3.82. The lowest BCUT2D eigenvalue weighted by Crippen LogP contribution is -2.23. The van der Waals surface area contributed by atoms with Crippen molar-refractivity contribution in [3.63, 3.8) is 0 Å². The van der Waals surface area contributed by atoms with Gasteiger partial charge < -0.3 is 10.4 Å². The van der Waals surface area contributed by atoms with Gasteiger partial charge in [-0.3, -0.25) is 4.79 Å². The van der Waals surface area contributed by atoms with Crippen molar-refractivity contribution in [2.45, 2.75) is 32.7 Å². The van der Waals surface area contributed by atoms with Crippen molar-refractivity contribution in [1.29, 1.82) is 0 Å². The molecule has 100 valence electrons. The van der Waals surface area contributed by atoms with Crippen LogP contribution in [0.3, 0.4) is 0 Å². The van der Waals surface area contributed by atoms with Crippen molar-refractivity contribution in [1.82, 2.24) is 9.97 Å². The van der Waals surface area contributed by atoms with Gasteiger partial charge in [-0.2, -0.15) is 0 Å². The van der Waals surface area contributed by atoms with E-state index in [4.69, 9.17) is 5.11 Å². The minimum atomic E-state index is -0.814. The number of rotatable bonds is 5. The molecule has 1 atom stereocenters. The van der Waals surface area contributed by atoms with Gasteiger partial charge in [-0.05, 0) is 25.5 Å². The Morgan fingerprint density at radius 2 is 1.95 bits per heavy atom. The Balaban J connectivity index is 2.28. The molecule has 0 amide bonds. The summed E-state index contributed by atoms with van der Waals surface area (Å²) in [5.74, 6) is -0.155. The summed E-state index contributed by atoms with van der Waals surface area (Å²) in [6, 6.07) is 7.50. The Morgan fingerprint density at radius 1 is 1.32 bits per heavy atom. The van der Waals surface area contributed by atoms with E-state index in [1.807, 2.05) is 38.1 Å². The monoisotopic (exact) mass is 259 g/mol. The number of hydrogen-bond donors (Lipinski definition) is 2. The standard InChI is InChI=1S/C14H17N3O2/c1-3-10(8-13(18)19)16-14-9(2)15-11-6-4-5-7-12(11)17-14/h4-7,10H,3,8H2,1-2H3,(H,16,17)(H,18,19). The van der Waals surface area contributed by atoms with Crippen LogP contribution in [0.15, 0.2) is 24.3 Å². The first-order valence-electron chi connectivity index (χ1n) is 6.32. The molecule has 0 spiro atoms. The van der Waals surface area contributed by atoms with Gasteiger partial charge >= 0.3 is 5.97 Å². The fourth-order valence-electron chi connectivity index (χ4n) is 1.93. The molecular formula is C14H17N3O2. The van der Waals surface area contributed by atoms with Crippen molar-refractivity contribution in [3.8, 4) is 0 Å². The molecule has 5 nitrogen and oxygen atoms in total. The SMILES string of the molecule is CCC(CC(=O)O)Nc1nc2ccccc2nc1C. The highest BCUT2D eigenvalue weighted by atomic mass is 16.4. The van der Waals surface area contributed by atoms with E-state index in [0.29, 0.717) is 5.82 Å². The molecule has 1 aromatic heterocycles. The fourth-order valence-corrected chi connectivity index (χ4v) is 1.93. The Hall–Kier alpha value is -2.17. The molecule has 2 N–H and O–H groups in total. The molecule has 0 aliphatic rings. The maximum absolute atomic E-state index is 10.8. The van der Waals surface area contributed by atoms with Crippen LogP contribution in [0.25, 0.3) is 11.0 Å². The van der Waals surface area contributed by atoms with Gasteiger partial charge in [0, 0.05) is 6.04 Å². The summed E-state index contributed by atoms with van der Waals surface area (Å²) in [6.07, 6.45) is 0.796. The predicted molar refractivity (Wildman–Crippen MR) is 74.2 cm³/mol. The average molecular weight is 259 g/mol. The zero-order valence-corrected chi connectivity index (χ0v) is 11.1. The number of carboxylic acids is 1. The highest BCUT2D eigenvalue weighted by Crippen LogP contribution is 2.18. The Bertz CT molecular complexity index is 598. The van der Waals surface area contributed by atoms with Crippen molar-refractivity contribution in [3.05, 3.63) is 30.0 Å². The lowest BCUT2D eigenvalue weighted by Gasteiger charge is -2.17. The van der Waals surface area contributed by atoms with Crippen LogP contribution in [0.1, 0.15) is 25.5 Å². The molecule has 2 rings (SSSR count). The molecule has 1 aromatic carbocycles. The van der Waals surface area contributed by atoms with Crippen LogP contribution in [-0.2, 0) is 4.79 Å². The fraction of sp³-hybridized carbons (Fsp3) is 0.357. The molecule has 0 bridgehead atoms. The third-order valence-corrected chi connectivity index (χ3v) is 3.00. The quantitative estimate of drug-likeness (QED) is 0.863. The number of nitrogens with zero attached hydrogens (tertiary/aromatic N) is 2. The number of benzene rings is 1. The first kappa shape index (κ1) is 13.3. The van der Waals surface area contributed by atoms with Crippen molar-refractivity contribution in [2.75, 3.05) is 5.32 Å². The molecule has 5 heteroatoms. The largest absolute Gasteiger partial charge is 0.481 e. The summed E-state index contributed by atoms with van der Waals surface area (Å²) < 4.78 is 0. The third-order valence-electron chi connectivity index (χ3n) is 3.00. The van der Waals surface area contributed by atoms with Gasteiger partial charge in [0.05, 0.1) is 23.1 Å². The van der Waals surface area contributed by atoms with Crippen LogP contribution in [-0.4, -0.2) is 27.1 Å². The van der Waals surface area contributed by atoms with E-state index in [1.54, 1.807) is 0 Å². The van der Waals surface area contributed by atoms with Gasteiger partial charge in [0.2, 0.25) is 0 Å². The molecular weight excluding hydrogens is 242 g/mol. The van der Waals surface area contributed by atoms with E-state index in [0.717, 1.165) is 23.1 Å². The Kier molecular flexibility index (Phi) is 3.94. The van der Waals surface area contributed by atoms with Gasteiger partial charge in [0.15, 0.2) is 0 Å². The summed E-state index contributed by atoms with van der Waals surface area (Å²) in [5.41, 5.74) is 2.43. The maximum atomic E-state index is 10.8. The number of aliphatic carboxylic acids is 1. The zero-order valence-electron chi connectivity index (χ0n) is 11.1. The van der Waals surface area contributed by atoms with Gasteiger partial charge in [0.25, 0.3) is 0 Å². The number of hydrogen-bond acceptors (Lipinski definition) is 4. The van der Waals surface area contributed by atoms with Crippen LogP contribution < -0.4 is 5.32 Å². The molecule has 2 aromatic rings. The predicted octanol–water partition coefficient (Wildman–Crippen LogP) is 2.60. The van der Waals surface area contributed by atoms with Gasteiger partial charge in [-0.1, -0.05) is 19.1 Å². The van der Waals surface area contributed by atoms with E-state index >= 15 is 0 Å². The lowest BCUT2D eigenvalue weighted by atomic mass is 10.1. The summed E-state index contributed by atoms with van der Waals surface area (Å²) in [7, 11) is 0. The Labute approximate surface area is 111 Å². The number of para-hydroxylation sites is 2.